The lowest BCUT2D eigenvalue weighted by molar-refractivity contribution is -0.384. The molecule has 0 N–H and O–H groups in total. The molecule has 0 fully saturated rings. The highest BCUT2D eigenvalue weighted by atomic mass is 16.6. The fourth-order valence-electron chi connectivity index (χ4n) is 1.98. The van der Waals surface area contributed by atoms with Crippen LogP contribution in [0.4, 0.5) is 5.69 Å². The Bertz CT molecular complexity index is 861. The van der Waals surface area contributed by atoms with Gasteiger partial charge in [0.2, 0.25) is 5.88 Å². The summed E-state index contributed by atoms with van der Waals surface area (Å²) >= 11 is 0. The van der Waals surface area contributed by atoms with Gasteiger partial charge in [0.1, 0.15) is 11.7 Å². The molecule has 0 aliphatic carbocycles. The van der Waals surface area contributed by atoms with Crippen LogP contribution in [0.2, 0.25) is 0 Å². The molecule has 2 heterocycles. The maximum absolute atomic E-state index is 10.9. The van der Waals surface area contributed by atoms with Crippen LogP contribution in [-0.4, -0.2) is 31.8 Å². The zero-order valence-corrected chi connectivity index (χ0v) is 11.8. The van der Waals surface area contributed by atoms with Gasteiger partial charge in [0.25, 0.3) is 5.69 Å². The Morgan fingerprint density at radius 2 is 2.09 bits per heavy atom. The molecule has 112 valence electrons. The monoisotopic (exact) mass is 301 g/mol. The van der Waals surface area contributed by atoms with Crippen LogP contribution in [0.1, 0.15) is 0 Å². The number of nitro groups is 1. The number of aryl methyl sites for hydroxylation is 1. The smallest absolute Gasteiger partial charge is 0.273 e. The number of hydrogen-bond acceptors (Lipinski definition) is 7. The van der Waals surface area contributed by atoms with E-state index in [1.54, 1.807) is 17.9 Å². The van der Waals surface area contributed by atoms with Crippen LogP contribution in [0.3, 0.4) is 0 Å². The molecule has 0 spiro atoms. The molecule has 0 radical (unpaired) electrons. The van der Waals surface area contributed by atoms with E-state index >= 15 is 0 Å². The van der Waals surface area contributed by atoms with Gasteiger partial charge in [0.15, 0.2) is 17.1 Å². The fourth-order valence-corrected chi connectivity index (χ4v) is 1.98. The minimum absolute atomic E-state index is 0.104. The maximum Gasteiger partial charge on any atom is 0.273 e. The van der Waals surface area contributed by atoms with Crippen LogP contribution in [0, 0.1) is 10.1 Å². The van der Waals surface area contributed by atoms with Gasteiger partial charge in [-0.2, -0.15) is 5.10 Å². The van der Waals surface area contributed by atoms with Crippen LogP contribution < -0.4 is 9.47 Å². The standard InChI is InChI=1S/C13H11N5O4/c1-17-12-9(6-16-17)13(15-7-14-12)22-11-5-8(18(19)20)3-4-10(11)21-2/h3-7H,1-2H3. The van der Waals surface area contributed by atoms with Gasteiger partial charge in [-0.05, 0) is 6.07 Å². The summed E-state index contributed by atoms with van der Waals surface area (Å²) in [6.07, 6.45) is 2.90. The lowest BCUT2D eigenvalue weighted by Gasteiger charge is -2.09. The van der Waals surface area contributed by atoms with Crippen molar-refractivity contribution in [3.63, 3.8) is 0 Å². The lowest BCUT2D eigenvalue weighted by Crippen LogP contribution is -1.96. The van der Waals surface area contributed by atoms with E-state index in [0.717, 1.165) is 0 Å². The van der Waals surface area contributed by atoms with Gasteiger partial charge in [-0.1, -0.05) is 0 Å². The largest absolute Gasteiger partial charge is 0.493 e. The van der Waals surface area contributed by atoms with Crippen LogP contribution >= 0.6 is 0 Å². The first-order valence-corrected chi connectivity index (χ1v) is 6.23. The SMILES string of the molecule is COc1ccc([N+](=O)[O-])cc1Oc1ncnc2c1cnn2C. The first kappa shape index (κ1) is 13.7. The Hall–Kier alpha value is -3.23. The van der Waals surface area contributed by atoms with Gasteiger partial charge in [-0.25, -0.2) is 9.97 Å². The molecule has 0 unspecified atom stereocenters. The zero-order valence-electron chi connectivity index (χ0n) is 11.8. The van der Waals surface area contributed by atoms with Crippen LogP contribution in [0.5, 0.6) is 17.4 Å². The summed E-state index contributed by atoms with van der Waals surface area (Å²) in [5.74, 6) is 0.804. The van der Waals surface area contributed by atoms with Crippen molar-refractivity contribution in [2.45, 2.75) is 0 Å². The Kier molecular flexibility index (Phi) is 3.30. The molecule has 0 saturated carbocycles. The summed E-state index contributed by atoms with van der Waals surface area (Å²) in [4.78, 5) is 18.5. The van der Waals surface area contributed by atoms with Crippen molar-refractivity contribution in [2.24, 2.45) is 7.05 Å². The van der Waals surface area contributed by atoms with E-state index in [0.29, 0.717) is 16.8 Å². The van der Waals surface area contributed by atoms with Crippen molar-refractivity contribution >= 4 is 16.7 Å². The number of nitro benzene ring substituents is 1. The highest BCUT2D eigenvalue weighted by molar-refractivity contribution is 5.80. The van der Waals surface area contributed by atoms with E-state index < -0.39 is 4.92 Å². The van der Waals surface area contributed by atoms with Gasteiger partial charge in [0, 0.05) is 13.1 Å². The molecule has 0 saturated heterocycles. The van der Waals surface area contributed by atoms with Gasteiger partial charge < -0.3 is 9.47 Å². The molecule has 0 amide bonds. The predicted molar refractivity (Wildman–Crippen MR) is 76.0 cm³/mol. The van der Waals surface area contributed by atoms with Crippen LogP contribution in [-0.2, 0) is 7.05 Å². The van der Waals surface area contributed by atoms with Crippen molar-refractivity contribution < 1.29 is 14.4 Å². The minimum Gasteiger partial charge on any atom is -0.493 e. The summed E-state index contributed by atoms with van der Waals surface area (Å²) in [6, 6.07) is 4.09. The molecular formula is C13H11N5O4. The molecule has 3 rings (SSSR count). The second-order valence-electron chi connectivity index (χ2n) is 4.38. The Balaban J connectivity index is 2.07. The van der Waals surface area contributed by atoms with Crippen LogP contribution in [0.25, 0.3) is 11.0 Å². The number of aromatic nitrogens is 4. The second kappa shape index (κ2) is 5.28. The molecule has 0 aliphatic heterocycles. The number of non-ortho nitro benzene ring substituents is 1. The maximum atomic E-state index is 10.9. The highest BCUT2D eigenvalue weighted by Crippen LogP contribution is 2.35. The second-order valence-corrected chi connectivity index (χ2v) is 4.38. The number of methoxy groups -OCH3 is 1. The minimum atomic E-state index is -0.508. The quantitative estimate of drug-likeness (QED) is 0.536. The third kappa shape index (κ3) is 2.28. The Morgan fingerprint density at radius 3 is 2.82 bits per heavy atom. The van der Waals surface area contributed by atoms with Gasteiger partial charge in [-0.3, -0.25) is 14.8 Å². The molecular weight excluding hydrogens is 290 g/mol. The molecule has 3 aromatic rings. The average Bonchev–Trinajstić information content (AvgIpc) is 2.90. The molecule has 22 heavy (non-hydrogen) atoms. The highest BCUT2D eigenvalue weighted by Gasteiger charge is 2.16. The van der Waals surface area contributed by atoms with E-state index in [-0.39, 0.29) is 17.3 Å². The third-order valence-electron chi connectivity index (χ3n) is 3.06. The summed E-state index contributed by atoms with van der Waals surface area (Å²) in [7, 11) is 3.20. The van der Waals surface area contributed by atoms with E-state index in [4.69, 9.17) is 9.47 Å². The first-order valence-electron chi connectivity index (χ1n) is 6.23. The number of ether oxygens (including phenoxy) is 2. The normalized spacial score (nSPS) is 10.6. The molecule has 0 atom stereocenters. The van der Waals surface area contributed by atoms with Crippen molar-refractivity contribution in [3.8, 4) is 17.4 Å². The van der Waals surface area contributed by atoms with Crippen molar-refractivity contribution in [2.75, 3.05) is 7.11 Å². The fraction of sp³-hybridized carbons (Fsp3) is 0.154. The summed E-state index contributed by atoms with van der Waals surface area (Å²) in [5.41, 5.74) is 0.488. The Morgan fingerprint density at radius 1 is 1.27 bits per heavy atom. The molecule has 0 aliphatic rings. The predicted octanol–water partition coefficient (Wildman–Crippen LogP) is 2.07. The van der Waals surface area contributed by atoms with E-state index in [1.165, 1.54) is 31.6 Å². The van der Waals surface area contributed by atoms with E-state index in [1.807, 2.05) is 0 Å². The zero-order chi connectivity index (χ0) is 15.7. The van der Waals surface area contributed by atoms with E-state index in [2.05, 4.69) is 15.1 Å². The average molecular weight is 301 g/mol. The third-order valence-corrected chi connectivity index (χ3v) is 3.06. The van der Waals surface area contributed by atoms with Crippen molar-refractivity contribution in [3.05, 3.63) is 40.8 Å². The number of rotatable bonds is 4. The van der Waals surface area contributed by atoms with E-state index in [9.17, 15) is 10.1 Å². The first-order chi connectivity index (χ1) is 10.6. The summed E-state index contributed by atoms with van der Waals surface area (Å²) in [5, 5.41) is 15.6. The molecule has 1 aromatic carbocycles. The summed E-state index contributed by atoms with van der Waals surface area (Å²) < 4.78 is 12.4. The molecule has 2 aromatic heterocycles. The lowest BCUT2D eigenvalue weighted by atomic mass is 10.3. The topological polar surface area (TPSA) is 105 Å². The van der Waals surface area contributed by atoms with Gasteiger partial charge >= 0.3 is 0 Å². The Labute approximate surface area is 124 Å². The van der Waals surface area contributed by atoms with Gasteiger partial charge in [-0.15, -0.1) is 0 Å². The number of nitrogens with zero attached hydrogens (tertiary/aromatic N) is 5. The van der Waals surface area contributed by atoms with Crippen molar-refractivity contribution in [1.82, 2.24) is 19.7 Å². The number of fused-ring (bicyclic) bond motifs is 1. The van der Waals surface area contributed by atoms with Crippen molar-refractivity contribution in [1.29, 1.82) is 0 Å². The van der Waals surface area contributed by atoms with Gasteiger partial charge in [0.05, 0.1) is 24.3 Å². The number of hydrogen-bond donors (Lipinski definition) is 0. The van der Waals surface area contributed by atoms with Crippen LogP contribution in [0.15, 0.2) is 30.7 Å². The number of benzene rings is 1. The molecule has 0 bridgehead atoms. The summed E-state index contributed by atoms with van der Waals surface area (Å²) in [6.45, 7) is 0. The molecule has 9 heteroatoms. The molecule has 9 nitrogen and oxygen atoms in total.